The number of hydrogen-bond acceptors (Lipinski definition) is 5. The van der Waals surface area contributed by atoms with E-state index in [1.54, 1.807) is 0 Å². The van der Waals surface area contributed by atoms with Crippen molar-refractivity contribution in [3.05, 3.63) is 0 Å². The minimum atomic E-state index is -0.918. The molecule has 0 radical (unpaired) electrons. The van der Waals surface area contributed by atoms with Crippen LogP contribution in [0.15, 0.2) is 0 Å². The van der Waals surface area contributed by atoms with Crippen LogP contribution in [0.1, 0.15) is 53.4 Å². The summed E-state index contributed by atoms with van der Waals surface area (Å²) in [6.45, 7) is 8.06. The number of hydrogen-bond donors (Lipinski definition) is 1. The van der Waals surface area contributed by atoms with Gasteiger partial charge in [-0.15, -0.1) is 0 Å². The third kappa shape index (κ3) is 2.13. The van der Waals surface area contributed by atoms with Gasteiger partial charge in [0.25, 0.3) is 0 Å². The Balaban J connectivity index is 2.09. The highest BCUT2D eigenvalue weighted by Gasteiger charge is 2.66. The van der Waals surface area contributed by atoms with Crippen molar-refractivity contribution < 1.29 is 24.4 Å². The third-order valence-electron chi connectivity index (χ3n) is 5.99. The molecule has 0 bridgehead atoms. The second-order valence-corrected chi connectivity index (χ2v) is 7.69. The maximum Gasteiger partial charge on any atom is 0.311 e. The van der Waals surface area contributed by atoms with E-state index in [-0.39, 0.29) is 23.7 Å². The molecule has 0 aromatic heterocycles. The van der Waals surface area contributed by atoms with Crippen molar-refractivity contribution in [1.82, 2.24) is 0 Å². The van der Waals surface area contributed by atoms with E-state index in [9.17, 15) is 10.1 Å². The summed E-state index contributed by atoms with van der Waals surface area (Å²) in [6.07, 6.45) is 2.86. The molecule has 6 atom stereocenters. The van der Waals surface area contributed by atoms with Crippen LogP contribution in [0.5, 0.6) is 0 Å². The highest BCUT2D eigenvalue weighted by atomic mass is 17.1. The van der Waals surface area contributed by atoms with Crippen LogP contribution in [0.4, 0.5) is 0 Å². The van der Waals surface area contributed by atoms with Crippen LogP contribution in [0.2, 0.25) is 0 Å². The van der Waals surface area contributed by atoms with Gasteiger partial charge in [-0.3, -0.25) is 10.1 Å². The van der Waals surface area contributed by atoms with Crippen molar-refractivity contribution >= 4 is 5.97 Å². The van der Waals surface area contributed by atoms with Gasteiger partial charge in [0.05, 0.1) is 11.5 Å². The molecule has 0 spiro atoms. The Hall–Kier alpha value is -0.650. The molecule has 0 aromatic carbocycles. The predicted molar refractivity (Wildman–Crippen MR) is 75.3 cm³/mol. The third-order valence-corrected chi connectivity index (χ3v) is 5.99. The molecule has 2 aliphatic heterocycles. The first-order valence-corrected chi connectivity index (χ1v) is 8.02. The fourth-order valence-corrected chi connectivity index (χ4v) is 4.70. The van der Waals surface area contributed by atoms with Crippen LogP contribution in [0.3, 0.4) is 0 Å². The highest BCUT2D eigenvalue weighted by molar-refractivity contribution is 5.74. The fourth-order valence-electron chi connectivity index (χ4n) is 4.70. The van der Waals surface area contributed by atoms with Crippen LogP contribution in [-0.4, -0.2) is 28.7 Å². The van der Waals surface area contributed by atoms with Gasteiger partial charge in [0.1, 0.15) is 0 Å². The number of ether oxygens (including phenoxy) is 2. The van der Waals surface area contributed by atoms with Crippen molar-refractivity contribution in [2.45, 2.75) is 70.9 Å². The van der Waals surface area contributed by atoms with Gasteiger partial charge < -0.3 is 9.47 Å². The summed E-state index contributed by atoms with van der Waals surface area (Å²) in [6, 6.07) is 0. The van der Waals surface area contributed by atoms with Crippen LogP contribution in [0, 0.1) is 23.7 Å². The van der Waals surface area contributed by atoms with Crippen molar-refractivity contribution in [2.75, 3.05) is 0 Å². The zero-order valence-corrected chi connectivity index (χ0v) is 13.3. The summed E-state index contributed by atoms with van der Waals surface area (Å²) in [5.41, 5.74) is -1.31. The Labute approximate surface area is 125 Å². The van der Waals surface area contributed by atoms with Gasteiger partial charge in [0.2, 0.25) is 6.29 Å². The summed E-state index contributed by atoms with van der Waals surface area (Å²) >= 11 is 0. The van der Waals surface area contributed by atoms with Crippen LogP contribution < -0.4 is 0 Å². The molecule has 0 amide bonds. The largest absolute Gasteiger partial charge is 0.432 e. The number of carbonyl (C=O) groups is 1. The lowest BCUT2D eigenvalue weighted by Gasteiger charge is -2.55. The minimum absolute atomic E-state index is 0.0520. The second-order valence-electron chi connectivity index (χ2n) is 7.69. The quantitative estimate of drug-likeness (QED) is 0.458. The van der Waals surface area contributed by atoms with E-state index in [1.165, 1.54) is 0 Å². The second kappa shape index (κ2) is 4.93. The Morgan fingerprint density at radius 3 is 2.57 bits per heavy atom. The molecule has 2 heterocycles. The molecular formula is C16H26O5. The molecule has 1 saturated carbocycles. The Kier molecular flexibility index (Phi) is 3.58. The van der Waals surface area contributed by atoms with Crippen LogP contribution in [-0.2, 0) is 19.2 Å². The van der Waals surface area contributed by atoms with Gasteiger partial charge in [-0.05, 0) is 45.4 Å². The topological polar surface area (TPSA) is 65.0 Å². The Morgan fingerprint density at radius 1 is 1.19 bits per heavy atom. The summed E-state index contributed by atoms with van der Waals surface area (Å²) in [5.74, 6) is -0.0123. The van der Waals surface area contributed by atoms with Crippen molar-refractivity contribution in [2.24, 2.45) is 23.7 Å². The first kappa shape index (κ1) is 15.3. The normalized spacial score (nSPS) is 49.0. The van der Waals surface area contributed by atoms with Gasteiger partial charge in [-0.1, -0.05) is 13.8 Å². The van der Waals surface area contributed by atoms with Gasteiger partial charge in [-0.2, -0.15) is 0 Å². The van der Waals surface area contributed by atoms with Crippen LogP contribution >= 0.6 is 0 Å². The van der Waals surface area contributed by atoms with E-state index in [1.807, 2.05) is 20.8 Å². The molecule has 5 nitrogen and oxygen atoms in total. The molecule has 3 aliphatic rings. The van der Waals surface area contributed by atoms with Gasteiger partial charge in [0, 0.05) is 11.8 Å². The number of carbonyl (C=O) groups excluding carboxylic acids is 1. The van der Waals surface area contributed by atoms with Crippen molar-refractivity contribution in [3.8, 4) is 0 Å². The summed E-state index contributed by atoms with van der Waals surface area (Å²) < 4.78 is 11.6. The maximum atomic E-state index is 12.2. The van der Waals surface area contributed by atoms with E-state index >= 15 is 0 Å². The van der Waals surface area contributed by atoms with Gasteiger partial charge >= 0.3 is 5.97 Å². The number of rotatable bonds is 1. The fraction of sp³-hybridized carbons (Fsp3) is 0.938. The predicted octanol–water partition coefficient (Wildman–Crippen LogP) is 2.99. The molecule has 5 heteroatoms. The van der Waals surface area contributed by atoms with E-state index in [2.05, 4.69) is 6.92 Å². The van der Waals surface area contributed by atoms with Crippen molar-refractivity contribution in [1.29, 1.82) is 0 Å². The van der Waals surface area contributed by atoms with E-state index in [4.69, 9.17) is 14.4 Å². The molecule has 2 saturated heterocycles. The molecule has 1 N–H and O–H groups in total. The molecule has 1 aliphatic carbocycles. The summed E-state index contributed by atoms with van der Waals surface area (Å²) in [5, 5.41) is 9.83. The molecule has 3 rings (SSSR count). The maximum absolute atomic E-state index is 12.2. The lowest BCUT2D eigenvalue weighted by Crippen LogP contribution is -2.66. The van der Waals surface area contributed by atoms with E-state index < -0.39 is 17.5 Å². The summed E-state index contributed by atoms with van der Waals surface area (Å²) in [7, 11) is 0. The Morgan fingerprint density at radius 2 is 1.90 bits per heavy atom. The van der Waals surface area contributed by atoms with Crippen LogP contribution in [0.25, 0.3) is 0 Å². The monoisotopic (exact) mass is 298 g/mol. The minimum Gasteiger partial charge on any atom is -0.432 e. The number of esters is 1. The lowest BCUT2D eigenvalue weighted by atomic mass is 9.58. The highest BCUT2D eigenvalue weighted by Crippen LogP contribution is 2.56. The zero-order valence-electron chi connectivity index (χ0n) is 13.3. The smallest absolute Gasteiger partial charge is 0.311 e. The summed E-state index contributed by atoms with van der Waals surface area (Å²) in [4.78, 5) is 17.3. The molecule has 21 heavy (non-hydrogen) atoms. The zero-order chi connectivity index (χ0) is 15.4. The SMILES string of the molecule is CC1CCC2C(C)C(=O)OC3OC(C)(C)CCC1C32OO. The molecule has 0 aromatic rings. The molecule has 6 unspecified atom stereocenters. The Bertz CT molecular complexity index is 434. The first-order valence-electron chi connectivity index (χ1n) is 8.02. The average Bonchev–Trinajstić information content (AvgIpc) is 2.53. The van der Waals surface area contributed by atoms with Gasteiger partial charge in [-0.25, -0.2) is 4.89 Å². The van der Waals surface area contributed by atoms with E-state index in [0.29, 0.717) is 5.92 Å². The average molecular weight is 298 g/mol. The van der Waals surface area contributed by atoms with Crippen molar-refractivity contribution in [3.63, 3.8) is 0 Å². The van der Waals surface area contributed by atoms with Gasteiger partial charge in [0.15, 0.2) is 5.60 Å². The molecular weight excluding hydrogens is 272 g/mol. The lowest BCUT2D eigenvalue weighted by molar-refractivity contribution is -0.427. The van der Waals surface area contributed by atoms with E-state index in [0.717, 1.165) is 25.7 Å². The molecule has 3 fully saturated rings. The standard InChI is InChI=1S/C16H26O5/c1-9-5-6-12-10(2)13(17)19-14-16(12,21-18)11(9)7-8-15(3,4)20-14/h9-12,14,18H,5-8H2,1-4H3. The first-order chi connectivity index (χ1) is 9.82. The molecule has 120 valence electrons.